The highest BCUT2D eigenvalue weighted by molar-refractivity contribution is 6.75. The van der Waals surface area contributed by atoms with Gasteiger partial charge in [-0.2, -0.15) is 4.58 Å². The summed E-state index contributed by atoms with van der Waals surface area (Å²) >= 11 is 0. The van der Waals surface area contributed by atoms with Crippen LogP contribution in [0.25, 0.3) is 0 Å². The fourth-order valence-electron chi connectivity index (χ4n) is 2.76. The lowest BCUT2D eigenvalue weighted by atomic mass is 10.2. The van der Waals surface area contributed by atoms with Crippen LogP contribution in [0.4, 0.5) is 0 Å². The Morgan fingerprint density at radius 3 is 1.80 bits per heavy atom. The van der Waals surface area contributed by atoms with E-state index in [1.54, 1.807) is 4.58 Å². The molecule has 0 spiro atoms. The van der Waals surface area contributed by atoms with Gasteiger partial charge < -0.3 is 25.8 Å². The first-order valence-corrected chi connectivity index (χ1v) is 16.4. The van der Waals surface area contributed by atoms with Gasteiger partial charge in [0.2, 0.25) is 6.10 Å². The van der Waals surface area contributed by atoms with E-state index in [-0.39, 0.29) is 39.1 Å². The smallest absolute Gasteiger partial charge is 0.418 e. The molecule has 0 fully saturated rings. The molecule has 2 atom stereocenters. The van der Waals surface area contributed by atoms with E-state index in [9.17, 15) is 4.79 Å². The van der Waals surface area contributed by atoms with Crippen LogP contribution in [0, 0.1) is 0 Å². The molecule has 1 heterocycles. The summed E-state index contributed by atoms with van der Waals surface area (Å²) in [6.07, 6.45) is 1.07. The summed E-state index contributed by atoms with van der Waals surface area (Å²) in [7, 11) is -4.19. The normalized spacial score (nSPS) is 20.7. The molecule has 0 saturated carbocycles. The molecular formula is C23H40BrNO3Si2. The summed E-state index contributed by atoms with van der Waals surface area (Å²) in [6.45, 7) is 22.7. The first-order valence-electron chi connectivity index (χ1n) is 10.6. The highest BCUT2D eigenvalue weighted by Gasteiger charge is 2.53. The van der Waals surface area contributed by atoms with Gasteiger partial charge in [-0.3, -0.25) is 0 Å². The van der Waals surface area contributed by atoms with Crippen molar-refractivity contribution in [1.29, 1.82) is 0 Å². The van der Waals surface area contributed by atoms with Crippen LogP contribution in [0.2, 0.25) is 36.3 Å². The zero-order valence-electron chi connectivity index (χ0n) is 20.4. The average molecular weight is 515 g/mol. The first-order chi connectivity index (χ1) is 13.1. The third kappa shape index (κ3) is 6.22. The molecule has 0 N–H and O–H groups in total. The lowest BCUT2D eigenvalue weighted by molar-refractivity contribution is -0.458. The molecule has 0 radical (unpaired) electrons. The Balaban J connectivity index is 0.00000450. The fourth-order valence-corrected chi connectivity index (χ4v) is 5.21. The van der Waals surface area contributed by atoms with Crippen LogP contribution in [0.1, 0.15) is 47.1 Å². The lowest BCUT2D eigenvalue weighted by Gasteiger charge is -2.41. The second-order valence-electron chi connectivity index (χ2n) is 11.2. The molecule has 4 nitrogen and oxygen atoms in total. The maximum absolute atomic E-state index is 13.4. The van der Waals surface area contributed by atoms with Crippen LogP contribution in [0.3, 0.4) is 0 Å². The largest absolute Gasteiger partial charge is 1.00 e. The van der Waals surface area contributed by atoms with Gasteiger partial charge in [-0.15, -0.1) is 0 Å². The van der Waals surface area contributed by atoms with Crippen LogP contribution in [0.15, 0.2) is 30.3 Å². The van der Waals surface area contributed by atoms with Crippen molar-refractivity contribution < 1.29 is 35.2 Å². The van der Waals surface area contributed by atoms with Crippen molar-refractivity contribution in [2.75, 3.05) is 0 Å². The molecular weight excluding hydrogens is 474 g/mol. The van der Waals surface area contributed by atoms with Crippen molar-refractivity contribution in [3.8, 4) is 0 Å². The lowest BCUT2D eigenvalue weighted by Crippen LogP contribution is -3.00. The first kappa shape index (κ1) is 27.4. The molecule has 0 bridgehead atoms. The Kier molecular flexibility index (Phi) is 8.67. The van der Waals surface area contributed by atoms with Gasteiger partial charge in [0.25, 0.3) is 0 Å². The van der Waals surface area contributed by atoms with E-state index in [1.807, 2.05) is 36.5 Å². The molecule has 1 aliphatic rings. The number of hydrogen-bond acceptors (Lipinski definition) is 3. The zero-order chi connectivity index (χ0) is 22.3. The predicted octanol–water partition coefficient (Wildman–Crippen LogP) is 2.59. The number of hydrogen-bond donors (Lipinski definition) is 0. The van der Waals surface area contributed by atoms with Gasteiger partial charge in [0, 0.05) is 5.56 Å². The molecule has 7 heteroatoms. The van der Waals surface area contributed by atoms with Gasteiger partial charge in [-0.1, -0.05) is 71.9 Å². The highest BCUT2D eigenvalue weighted by Crippen LogP contribution is 2.41. The van der Waals surface area contributed by atoms with Crippen molar-refractivity contribution in [1.82, 2.24) is 0 Å². The Bertz CT molecular complexity index is 765. The Morgan fingerprint density at radius 2 is 1.33 bits per heavy atom. The molecule has 0 aromatic heterocycles. The molecule has 0 unspecified atom stereocenters. The van der Waals surface area contributed by atoms with Crippen molar-refractivity contribution in [2.24, 2.45) is 0 Å². The van der Waals surface area contributed by atoms with E-state index in [0.717, 1.165) is 5.56 Å². The third-order valence-corrected chi connectivity index (χ3v) is 15.7. The predicted molar refractivity (Wildman–Crippen MR) is 126 cm³/mol. The third-order valence-electron chi connectivity index (χ3n) is 6.81. The quantitative estimate of drug-likeness (QED) is 0.433. The molecule has 1 aliphatic heterocycles. The fraction of sp³-hybridized carbons (Fsp3) is 0.652. The van der Waals surface area contributed by atoms with E-state index in [2.05, 4.69) is 67.7 Å². The van der Waals surface area contributed by atoms with Crippen molar-refractivity contribution in [2.45, 2.75) is 96.6 Å². The van der Waals surface area contributed by atoms with Crippen LogP contribution in [-0.2, 0) is 20.2 Å². The van der Waals surface area contributed by atoms with Gasteiger partial charge in [0.15, 0.2) is 35.5 Å². The van der Waals surface area contributed by atoms with E-state index >= 15 is 0 Å². The standard InChI is InChI=1S/C23H40NO3Si2.BrH/c1-22(2,3)28(7,8)26-19-17-24(16-18-14-12-11-13-15-18)21(25)20(19)27-29(9,10)23(4,5)6;/h11-15,17,19-20H,16H2,1-10H3;1H/q+1;/p-1/t19-,20+;/m0./s1. The average Bonchev–Trinajstić information content (AvgIpc) is 2.81. The second kappa shape index (κ2) is 9.49. The van der Waals surface area contributed by atoms with Gasteiger partial charge in [0.05, 0.1) is 0 Å². The number of carbonyl (C=O) groups is 1. The maximum Gasteiger partial charge on any atom is 0.418 e. The Morgan fingerprint density at radius 1 is 0.867 bits per heavy atom. The summed E-state index contributed by atoms with van der Waals surface area (Å²) in [5.41, 5.74) is 1.11. The molecule has 1 amide bonds. The highest BCUT2D eigenvalue weighted by atomic mass is 79.9. The number of rotatable bonds is 6. The number of amides is 1. The minimum Gasteiger partial charge on any atom is -1.00 e. The van der Waals surface area contributed by atoms with E-state index in [4.69, 9.17) is 8.85 Å². The number of benzene rings is 1. The number of carbonyl (C=O) groups excluding carboxylic acids is 1. The minimum atomic E-state index is -2.13. The van der Waals surface area contributed by atoms with Crippen LogP contribution in [0.5, 0.6) is 0 Å². The van der Waals surface area contributed by atoms with Gasteiger partial charge >= 0.3 is 5.91 Å². The SMILES string of the molecule is CC(C)(C)[Si](C)(C)O[C@H]1C=[N+](Cc2ccccc2)C(=O)[C@@H]1O[Si](C)(C)C(C)(C)C.[Br-]. The summed E-state index contributed by atoms with van der Waals surface area (Å²) in [5, 5.41) is 0.0971. The molecule has 0 saturated heterocycles. The van der Waals surface area contributed by atoms with Crippen molar-refractivity contribution in [3.63, 3.8) is 0 Å². The summed E-state index contributed by atoms with van der Waals surface area (Å²) in [5.74, 6) is 0.0161. The summed E-state index contributed by atoms with van der Waals surface area (Å²) in [6, 6.07) is 10.1. The van der Waals surface area contributed by atoms with E-state index in [0.29, 0.717) is 6.54 Å². The van der Waals surface area contributed by atoms with Crippen LogP contribution < -0.4 is 17.0 Å². The molecule has 30 heavy (non-hydrogen) atoms. The number of nitrogens with zero attached hydrogens (tertiary/aromatic N) is 1. The monoisotopic (exact) mass is 513 g/mol. The van der Waals surface area contributed by atoms with E-state index < -0.39 is 22.7 Å². The van der Waals surface area contributed by atoms with E-state index in [1.165, 1.54) is 0 Å². The van der Waals surface area contributed by atoms with Gasteiger partial charge in [-0.25, -0.2) is 4.79 Å². The molecule has 0 aliphatic carbocycles. The topological polar surface area (TPSA) is 38.5 Å². The van der Waals surface area contributed by atoms with Crippen molar-refractivity contribution >= 4 is 28.8 Å². The molecule has 2 rings (SSSR count). The maximum atomic E-state index is 13.4. The van der Waals surface area contributed by atoms with Gasteiger partial charge in [-0.05, 0) is 36.3 Å². The molecule has 1 aromatic rings. The Labute approximate surface area is 196 Å². The Hall–Kier alpha value is -0.606. The van der Waals surface area contributed by atoms with Crippen LogP contribution >= 0.6 is 0 Å². The zero-order valence-corrected chi connectivity index (χ0v) is 24.0. The molecule has 170 valence electrons. The second-order valence-corrected chi connectivity index (χ2v) is 20.8. The minimum absolute atomic E-state index is 0. The number of halogens is 1. The summed E-state index contributed by atoms with van der Waals surface area (Å²) < 4.78 is 15.1. The van der Waals surface area contributed by atoms with Crippen LogP contribution in [-0.4, -0.2) is 45.5 Å². The van der Waals surface area contributed by atoms with Crippen molar-refractivity contribution in [3.05, 3.63) is 35.9 Å². The summed E-state index contributed by atoms with van der Waals surface area (Å²) in [4.78, 5) is 13.4. The molecule has 1 aromatic carbocycles. The van der Waals surface area contributed by atoms with Gasteiger partial charge in [0.1, 0.15) is 0 Å².